The first kappa shape index (κ1) is 11.8. The molecule has 1 aromatic rings. The fourth-order valence-electron chi connectivity index (χ4n) is 0.957. The highest BCUT2D eigenvalue weighted by Gasteiger charge is 2.14. The Bertz CT molecular complexity index is 360. The van der Waals surface area contributed by atoms with Crippen LogP contribution in [0.3, 0.4) is 0 Å². The second-order valence-electron chi connectivity index (χ2n) is 4.16. The van der Waals surface area contributed by atoms with Crippen molar-refractivity contribution < 1.29 is 4.79 Å². The number of urea groups is 1. The number of anilines is 1. The van der Waals surface area contributed by atoms with Gasteiger partial charge in [0, 0.05) is 11.7 Å². The summed E-state index contributed by atoms with van der Waals surface area (Å²) in [6.07, 6.45) is 1.57. The Morgan fingerprint density at radius 2 is 2.13 bits per heavy atom. The Labute approximate surface area is 94.0 Å². The van der Waals surface area contributed by atoms with Crippen LogP contribution in [0, 0.1) is 0 Å². The highest BCUT2D eigenvalue weighted by Crippen LogP contribution is 2.17. The van der Waals surface area contributed by atoms with Crippen LogP contribution < -0.4 is 10.6 Å². The minimum atomic E-state index is -0.317. The van der Waals surface area contributed by atoms with E-state index in [1.807, 2.05) is 20.8 Å². The molecule has 0 fully saturated rings. The molecule has 0 unspecified atom stereocenters. The third-order valence-electron chi connectivity index (χ3n) is 1.48. The van der Waals surface area contributed by atoms with Gasteiger partial charge in [-0.2, -0.15) is 0 Å². The molecule has 0 aliphatic carbocycles. The fourth-order valence-corrected chi connectivity index (χ4v) is 1.13. The Hall–Kier alpha value is -1.29. The second-order valence-corrected chi connectivity index (χ2v) is 4.57. The SMILES string of the molecule is CC(C)(C)NC(=O)Nc1ncccc1Cl. The van der Waals surface area contributed by atoms with Crippen molar-refractivity contribution >= 4 is 23.4 Å². The zero-order valence-corrected chi connectivity index (χ0v) is 9.72. The minimum Gasteiger partial charge on any atom is -0.333 e. The maximum absolute atomic E-state index is 11.5. The average molecular weight is 228 g/mol. The summed E-state index contributed by atoms with van der Waals surface area (Å²) in [4.78, 5) is 15.4. The van der Waals surface area contributed by atoms with E-state index in [9.17, 15) is 4.79 Å². The largest absolute Gasteiger partial charge is 0.333 e. The molecule has 0 saturated heterocycles. The van der Waals surface area contributed by atoms with E-state index in [0.29, 0.717) is 10.8 Å². The van der Waals surface area contributed by atoms with E-state index in [0.717, 1.165) is 0 Å². The van der Waals surface area contributed by atoms with Crippen LogP contribution in [0.2, 0.25) is 5.02 Å². The van der Waals surface area contributed by atoms with Gasteiger partial charge < -0.3 is 5.32 Å². The van der Waals surface area contributed by atoms with Gasteiger partial charge in [0.2, 0.25) is 0 Å². The maximum Gasteiger partial charge on any atom is 0.320 e. The molecule has 0 aliphatic heterocycles. The molecule has 0 saturated carbocycles. The summed E-state index contributed by atoms with van der Waals surface area (Å²) in [6.45, 7) is 5.69. The van der Waals surface area contributed by atoms with Gasteiger partial charge in [0.25, 0.3) is 0 Å². The van der Waals surface area contributed by atoms with Crippen molar-refractivity contribution in [2.75, 3.05) is 5.32 Å². The topological polar surface area (TPSA) is 54.0 Å². The molecule has 1 aromatic heterocycles. The van der Waals surface area contributed by atoms with Gasteiger partial charge in [-0.25, -0.2) is 9.78 Å². The van der Waals surface area contributed by atoms with Gasteiger partial charge in [-0.05, 0) is 32.9 Å². The molecule has 15 heavy (non-hydrogen) atoms. The first-order valence-corrected chi connectivity index (χ1v) is 4.96. The van der Waals surface area contributed by atoms with Crippen LogP contribution in [-0.4, -0.2) is 16.6 Å². The lowest BCUT2D eigenvalue weighted by atomic mass is 10.1. The van der Waals surface area contributed by atoms with Gasteiger partial charge >= 0.3 is 6.03 Å². The van der Waals surface area contributed by atoms with Crippen LogP contribution in [0.4, 0.5) is 10.6 Å². The van der Waals surface area contributed by atoms with Crippen LogP contribution >= 0.6 is 11.6 Å². The van der Waals surface area contributed by atoms with Gasteiger partial charge in [0.15, 0.2) is 5.82 Å². The van der Waals surface area contributed by atoms with Crippen molar-refractivity contribution in [1.82, 2.24) is 10.3 Å². The lowest BCUT2D eigenvalue weighted by molar-refractivity contribution is 0.243. The van der Waals surface area contributed by atoms with Crippen molar-refractivity contribution in [2.45, 2.75) is 26.3 Å². The van der Waals surface area contributed by atoms with E-state index in [2.05, 4.69) is 15.6 Å². The molecular weight excluding hydrogens is 214 g/mol. The summed E-state index contributed by atoms with van der Waals surface area (Å²) in [6, 6.07) is 3.05. The van der Waals surface area contributed by atoms with Crippen LogP contribution in [0.5, 0.6) is 0 Å². The van der Waals surface area contributed by atoms with Crippen molar-refractivity contribution in [1.29, 1.82) is 0 Å². The Morgan fingerprint density at radius 3 is 2.67 bits per heavy atom. The summed E-state index contributed by atoms with van der Waals surface area (Å²) in [5.74, 6) is 0.362. The quantitative estimate of drug-likeness (QED) is 0.775. The minimum absolute atomic E-state index is 0.286. The zero-order chi connectivity index (χ0) is 11.5. The molecule has 0 radical (unpaired) electrons. The van der Waals surface area contributed by atoms with E-state index in [1.54, 1.807) is 18.3 Å². The predicted octanol–water partition coefficient (Wildman–Crippen LogP) is 2.66. The monoisotopic (exact) mass is 227 g/mol. The predicted molar refractivity (Wildman–Crippen MR) is 61.2 cm³/mol. The number of rotatable bonds is 1. The van der Waals surface area contributed by atoms with E-state index in [1.165, 1.54) is 0 Å². The maximum atomic E-state index is 11.5. The van der Waals surface area contributed by atoms with Gasteiger partial charge in [-0.3, -0.25) is 5.32 Å². The third-order valence-corrected chi connectivity index (χ3v) is 1.78. The number of nitrogens with zero attached hydrogens (tertiary/aromatic N) is 1. The van der Waals surface area contributed by atoms with E-state index in [-0.39, 0.29) is 11.6 Å². The number of nitrogens with one attached hydrogen (secondary N) is 2. The van der Waals surface area contributed by atoms with Crippen molar-refractivity contribution in [3.8, 4) is 0 Å². The molecule has 1 rings (SSSR count). The Kier molecular flexibility index (Phi) is 3.52. The van der Waals surface area contributed by atoms with Gasteiger partial charge in [-0.1, -0.05) is 11.6 Å². The molecule has 0 aliphatic rings. The van der Waals surface area contributed by atoms with Gasteiger partial charge in [0.05, 0.1) is 5.02 Å². The van der Waals surface area contributed by atoms with Gasteiger partial charge in [0.1, 0.15) is 0 Å². The third kappa shape index (κ3) is 4.16. The van der Waals surface area contributed by atoms with Crippen molar-refractivity contribution in [3.05, 3.63) is 23.4 Å². The smallest absolute Gasteiger partial charge is 0.320 e. The molecule has 2 amide bonds. The molecule has 82 valence electrons. The molecule has 4 nitrogen and oxygen atoms in total. The summed E-state index contributed by atoms with van der Waals surface area (Å²) in [5, 5.41) is 5.74. The lowest BCUT2D eigenvalue weighted by Gasteiger charge is -2.20. The molecule has 0 atom stereocenters. The van der Waals surface area contributed by atoms with Gasteiger partial charge in [-0.15, -0.1) is 0 Å². The molecule has 1 heterocycles. The molecule has 0 aromatic carbocycles. The molecule has 2 N–H and O–H groups in total. The number of carbonyl (C=O) groups is 1. The molecular formula is C10H14ClN3O. The normalized spacial score (nSPS) is 10.9. The van der Waals surface area contributed by atoms with Crippen LogP contribution in [0.15, 0.2) is 18.3 Å². The standard InChI is InChI=1S/C10H14ClN3O/c1-10(2,3)14-9(15)13-8-7(11)5-4-6-12-8/h4-6H,1-3H3,(H2,12,13,14,15). The summed E-state index contributed by atoms with van der Waals surface area (Å²) < 4.78 is 0. The average Bonchev–Trinajstić information content (AvgIpc) is 2.05. The summed E-state index contributed by atoms with van der Waals surface area (Å²) >= 11 is 5.83. The van der Waals surface area contributed by atoms with Crippen LogP contribution in [0.1, 0.15) is 20.8 Å². The number of amides is 2. The number of halogens is 1. The number of aromatic nitrogens is 1. The summed E-state index contributed by atoms with van der Waals surface area (Å²) in [5.41, 5.74) is -0.286. The number of hydrogen-bond donors (Lipinski definition) is 2. The second kappa shape index (κ2) is 4.49. The molecule has 5 heteroatoms. The zero-order valence-electron chi connectivity index (χ0n) is 8.97. The van der Waals surface area contributed by atoms with E-state index in [4.69, 9.17) is 11.6 Å². The fraction of sp³-hybridized carbons (Fsp3) is 0.400. The molecule has 0 bridgehead atoms. The highest BCUT2D eigenvalue weighted by atomic mass is 35.5. The van der Waals surface area contributed by atoms with Crippen molar-refractivity contribution in [2.24, 2.45) is 0 Å². The summed E-state index contributed by atoms with van der Waals surface area (Å²) in [7, 11) is 0. The Balaban J connectivity index is 2.64. The first-order chi connectivity index (χ1) is 6.88. The van der Waals surface area contributed by atoms with E-state index < -0.39 is 0 Å². The Morgan fingerprint density at radius 1 is 1.47 bits per heavy atom. The van der Waals surface area contributed by atoms with E-state index >= 15 is 0 Å². The highest BCUT2D eigenvalue weighted by molar-refractivity contribution is 6.33. The van der Waals surface area contributed by atoms with Crippen molar-refractivity contribution in [3.63, 3.8) is 0 Å². The number of pyridine rings is 1. The number of carbonyl (C=O) groups excluding carboxylic acids is 1. The first-order valence-electron chi connectivity index (χ1n) is 4.58. The van der Waals surface area contributed by atoms with Crippen LogP contribution in [-0.2, 0) is 0 Å². The lowest BCUT2D eigenvalue weighted by Crippen LogP contribution is -2.43. The molecule has 0 spiro atoms. The van der Waals surface area contributed by atoms with Crippen LogP contribution in [0.25, 0.3) is 0 Å². The number of hydrogen-bond acceptors (Lipinski definition) is 2.